The first-order valence-corrected chi connectivity index (χ1v) is 4.07. The molecule has 0 spiro atoms. The standard InChI is InChI=1S/C10H13N3/c1-3-8(5-12-2)9-4-10(11)7-13-6-9/h3-7H,11H2,1-2H3/b8-3+,12-5-. The molecule has 68 valence electrons. The van der Waals surface area contributed by atoms with Gasteiger partial charge in [-0.2, -0.15) is 0 Å². The number of allylic oxidation sites excluding steroid dienone is 2. The molecule has 0 amide bonds. The second-order valence-electron chi connectivity index (χ2n) is 2.64. The van der Waals surface area contributed by atoms with Crippen LogP contribution in [0.2, 0.25) is 0 Å². The smallest absolute Gasteiger partial charge is 0.0506 e. The fourth-order valence-corrected chi connectivity index (χ4v) is 1.07. The highest BCUT2D eigenvalue weighted by molar-refractivity contribution is 6.09. The van der Waals surface area contributed by atoms with Gasteiger partial charge in [0.05, 0.1) is 5.69 Å². The third-order valence-corrected chi connectivity index (χ3v) is 1.67. The fourth-order valence-electron chi connectivity index (χ4n) is 1.07. The summed E-state index contributed by atoms with van der Waals surface area (Å²) in [5, 5.41) is 0. The molecule has 0 fully saturated rings. The van der Waals surface area contributed by atoms with E-state index in [2.05, 4.69) is 9.98 Å². The minimum atomic E-state index is 0.668. The summed E-state index contributed by atoms with van der Waals surface area (Å²) in [4.78, 5) is 7.96. The normalized spacial score (nSPS) is 12.3. The molecular weight excluding hydrogens is 162 g/mol. The molecule has 0 saturated heterocycles. The third-order valence-electron chi connectivity index (χ3n) is 1.67. The minimum absolute atomic E-state index is 0.668. The van der Waals surface area contributed by atoms with Gasteiger partial charge in [-0.15, -0.1) is 0 Å². The van der Waals surface area contributed by atoms with E-state index < -0.39 is 0 Å². The van der Waals surface area contributed by atoms with Crippen LogP contribution in [0.3, 0.4) is 0 Å². The average Bonchev–Trinajstić information content (AvgIpc) is 2.14. The zero-order valence-electron chi connectivity index (χ0n) is 7.86. The molecule has 1 aromatic heterocycles. The Hall–Kier alpha value is -1.64. The Balaban J connectivity index is 3.06. The molecule has 1 rings (SSSR count). The number of nitrogens with zero attached hydrogens (tertiary/aromatic N) is 2. The molecule has 0 radical (unpaired) electrons. The van der Waals surface area contributed by atoms with E-state index >= 15 is 0 Å². The van der Waals surface area contributed by atoms with Crippen LogP contribution >= 0.6 is 0 Å². The molecule has 13 heavy (non-hydrogen) atoms. The van der Waals surface area contributed by atoms with Gasteiger partial charge in [-0.1, -0.05) is 6.08 Å². The molecule has 0 aliphatic heterocycles. The van der Waals surface area contributed by atoms with Crippen LogP contribution in [0, 0.1) is 0 Å². The Morgan fingerprint density at radius 3 is 2.85 bits per heavy atom. The van der Waals surface area contributed by atoms with Crippen molar-refractivity contribution in [1.82, 2.24) is 4.98 Å². The highest BCUT2D eigenvalue weighted by Crippen LogP contribution is 2.13. The van der Waals surface area contributed by atoms with Crippen LogP contribution in [0.4, 0.5) is 5.69 Å². The second kappa shape index (κ2) is 4.40. The maximum atomic E-state index is 5.61. The van der Waals surface area contributed by atoms with Crippen LogP contribution in [0.1, 0.15) is 12.5 Å². The van der Waals surface area contributed by atoms with E-state index in [4.69, 9.17) is 5.73 Å². The maximum absolute atomic E-state index is 5.61. The van der Waals surface area contributed by atoms with Crippen LogP contribution in [-0.2, 0) is 0 Å². The van der Waals surface area contributed by atoms with Crippen molar-refractivity contribution in [2.75, 3.05) is 12.8 Å². The van der Waals surface area contributed by atoms with Crippen LogP contribution in [0.5, 0.6) is 0 Å². The molecule has 0 unspecified atom stereocenters. The van der Waals surface area contributed by atoms with Gasteiger partial charge >= 0.3 is 0 Å². The van der Waals surface area contributed by atoms with Crippen molar-refractivity contribution < 1.29 is 0 Å². The lowest BCUT2D eigenvalue weighted by Crippen LogP contribution is -1.91. The van der Waals surface area contributed by atoms with Crippen molar-refractivity contribution in [3.8, 4) is 0 Å². The van der Waals surface area contributed by atoms with Crippen molar-refractivity contribution in [3.05, 3.63) is 30.1 Å². The highest BCUT2D eigenvalue weighted by Gasteiger charge is 1.97. The molecule has 1 heterocycles. The average molecular weight is 175 g/mol. The number of rotatable bonds is 2. The summed E-state index contributed by atoms with van der Waals surface area (Å²) >= 11 is 0. The quantitative estimate of drug-likeness (QED) is 0.696. The third kappa shape index (κ3) is 2.40. The molecule has 0 aliphatic rings. The fraction of sp³-hybridized carbons (Fsp3) is 0.200. The largest absolute Gasteiger partial charge is 0.397 e. The van der Waals surface area contributed by atoms with Gasteiger partial charge in [0, 0.05) is 31.2 Å². The molecule has 3 heteroatoms. The molecule has 0 bridgehead atoms. The van der Waals surface area contributed by atoms with Crippen LogP contribution < -0.4 is 5.73 Å². The van der Waals surface area contributed by atoms with Gasteiger partial charge in [0.1, 0.15) is 0 Å². The maximum Gasteiger partial charge on any atom is 0.0506 e. The monoisotopic (exact) mass is 175 g/mol. The zero-order chi connectivity index (χ0) is 9.68. The van der Waals surface area contributed by atoms with E-state index in [0.29, 0.717) is 5.69 Å². The van der Waals surface area contributed by atoms with Crippen molar-refractivity contribution >= 4 is 17.5 Å². The van der Waals surface area contributed by atoms with E-state index in [0.717, 1.165) is 11.1 Å². The van der Waals surface area contributed by atoms with Crippen molar-refractivity contribution in [3.63, 3.8) is 0 Å². The topological polar surface area (TPSA) is 51.3 Å². The Morgan fingerprint density at radius 2 is 2.31 bits per heavy atom. The molecule has 0 aromatic carbocycles. The molecule has 1 aromatic rings. The summed E-state index contributed by atoms with van der Waals surface area (Å²) in [6.07, 6.45) is 7.16. The highest BCUT2D eigenvalue weighted by atomic mass is 14.7. The number of aliphatic imine (C=N–C) groups is 1. The Bertz CT molecular complexity index is 340. The number of hydrogen-bond acceptors (Lipinski definition) is 3. The summed E-state index contributed by atoms with van der Waals surface area (Å²) in [6.45, 7) is 1.96. The lowest BCUT2D eigenvalue weighted by Gasteiger charge is -2.00. The number of nitrogens with two attached hydrogens (primary N) is 1. The number of hydrogen-bond donors (Lipinski definition) is 1. The summed E-state index contributed by atoms with van der Waals surface area (Å²) < 4.78 is 0. The van der Waals surface area contributed by atoms with Gasteiger partial charge in [-0.3, -0.25) is 9.98 Å². The van der Waals surface area contributed by atoms with Gasteiger partial charge in [0.25, 0.3) is 0 Å². The van der Waals surface area contributed by atoms with Crippen LogP contribution in [0.25, 0.3) is 5.57 Å². The first-order valence-electron chi connectivity index (χ1n) is 4.07. The molecule has 0 atom stereocenters. The summed E-state index contributed by atoms with van der Waals surface area (Å²) in [5.74, 6) is 0. The summed E-state index contributed by atoms with van der Waals surface area (Å²) in [6, 6.07) is 1.88. The SMILES string of the molecule is C/C=C(\C=N/C)c1cncc(N)c1. The predicted molar refractivity (Wildman–Crippen MR) is 56.7 cm³/mol. The predicted octanol–water partition coefficient (Wildman–Crippen LogP) is 1.77. The Kier molecular flexibility index (Phi) is 3.20. The van der Waals surface area contributed by atoms with Crippen molar-refractivity contribution in [1.29, 1.82) is 0 Å². The first-order chi connectivity index (χ1) is 6.27. The van der Waals surface area contributed by atoms with E-state index in [9.17, 15) is 0 Å². The van der Waals surface area contributed by atoms with Crippen molar-refractivity contribution in [2.24, 2.45) is 4.99 Å². The Morgan fingerprint density at radius 1 is 1.54 bits per heavy atom. The van der Waals surface area contributed by atoms with Gasteiger partial charge in [-0.05, 0) is 18.6 Å². The lowest BCUT2D eigenvalue weighted by molar-refractivity contribution is 1.31. The van der Waals surface area contributed by atoms with Crippen molar-refractivity contribution in [2.45, 2.75) is 6.92 Å². The van der Waals surface area contributed by atoms with Gasteiger partial charge < -0.3 is 5.73 Å². The van der Waals surface area contributed by atoms with Crippen LogP contribution in [0.15, 0.2) is 29.5 Å². The minimum Gasteiger partial charge on any atom is -0.397 e. The summed E-state index contributed by atoms with van der Waals surface area (Å²) in [7, 11) is 1.74. The molecule has 0 aliphatic carbocycles. The number of pyridine rings is 1. The molecular formula is C10H13N3. The van der Waals surface area contributed by atoms with E-state index in [1.54, 1.807) is 25.7 Å². The number of anilines is 1. The van der Waals surface area contributed by atoms with E-state index in [-0.39, 0.29) is 0 Å². The number of nitrogen functional groups attached to an aromatic ring is 1. The number of aromatic nitrogens is 1. The van der Waals surface area contributed by atoms with Gasteiger partial charge in [0.2, 0.25) is 0 Å². The second-order valence-corrected chi connectivity index (χ2v) is 2.64. The molecule has 0 saturated carbocycles. The summed E-state index contributed by atoms with van der Waals surface area (Å²) in [5.41, 5.74) is 8.30. The van der Waals surface area contributed by atoms with Crippen LogP contribution in [-0.4, -0.2) is 18.2 Å². The van der Waals surface area contributed by atoms with Gasteiger partial charge in [-0.25, -0.2) is 0 Å². The lowest BCUT2D eigenvalue weighted by atomic mass is 10.1. The zero-order valence-corrected chi connectivity index (χ0v) is 7.86. The Labute approximate surface area is 78.0 Å². The van der Waals surface area contributed by atoms with E-state index in [1.807, 2.05) is 19.1 Å². The molecule has 2 N–H and O–H groups in total. The van der Waals surface area contributed by atoms with Gasteiger partial charge in [0.15, 0.2) is 0 Å². The van der Waals surface area contributed by atoms with E-state index in [1.165, 1.54) is 0 Å². The first kappa shape index (κ1) is 9.45. The molecule has 3 nitrogen and oxygen atoms in total.